The molecule has 1 unspecified atom stereocenters. The number of alkyl halides is 3. The van der Waals surface area contributed by atoms with Crippen LogP contribution < -0.4 is 10.5 Å². The Labute approximate surface area is 182 Å². The van der Waals surface area contributed by atoms with E-state index in [2.05, 4.69) is 9.64 Å². The molecule has 2 atom stereocenters. The number of ether oxygens (including phenoxy) is 1. The maximum absolute atomic E-state index is 12.6. The van der Waals surface area contributed by atoms with Gasteiger partial charge in [-0.2, -0.15) is 0 Å². The second-order valence-corrected chi connectivity index (χ2v) is 8.00. The predicted molar refractivity (Wildman–Crippen MR) is 112 cm³/mol. The number of hydrogen-bond donors (Lipinski definition) is 2. The van der Waals surface area contributed by atoms with Crippen LogP contribution in [-0.4, -0.2) is 47.6 Å². The van der Waals surface area contributed by atoms with E-state index in [1.54, 1.807) is 12.1 Å². The van der Waals surface area contributed by atoms with Crippen LogP contribution in [0.15, 0.2) is 24.3 Å². The number of likely N-dealkylation sites (tertiary alicyclic amines) is 1. The monoisotopic (exact) mass is 458 g/mol. The van der Waals surface area contributed by atoms with E-state index >= 15 is 0 Å². The first-order valence-corrected chi connectivity index (χ1v) is 9.81. The summed E-state index contributed by atoms with van der Waals surface area (Å²) < 4.78 is 42.0. The van der Waals surface area contributed by atoms with Crippen LogP contribution >= 0.6 is 24.8 Å². The SMILES string of the molecule is Cl.Cl.N[C@@H]1CCCN(CC(c2cccc(OC(F)(F)F)c2)C2(O)CCCCC2)C1. The van der Waals surface area contributed by atoms with E-state index in [1.807, 2.05) is 0 Å². The summed E-state index contributed by atoms with van der Waals surface area (Å²) in [6, 6.07) is 6.20. The lowest BCUT2D eigenvalue weighted by molar-refractivity contribution is -0.274. The summed E-state index contributed by atoms with van der Waals surface area (Å²) in [5.74, 6) is -0.500. The zero-order valence-electron chi connectivity index (χ0n) is 16.4. The zero-order valence-corrected chi connectivity index (χ0v) is 18.0. The minimum Gasteiger partial charge on any atom is -0.406 e. The van der Waals surface area contributed by atoms with E-state index in [-0.39, 0.29) is 42.5 Å². The number of rotatable bonds is 5. The quantitative estimate of drug-likeness (QED) is 0.674. The van der Waals surface area contributed by atoms with Crippen molar-refractivity contribution in [3.8, 4) is 5.75 Å². The fourth-order valence-corrected chi connectivity index (χ4v) is 4.54. The van der Waals surface area contributed by atoms with Gasteiger partial charge in [0.2, 0.25) is 0 Å². The minimum absolute atomic E-state index is 0. The number of halogens is 5. The molecule has 9 heteroatoms. The van der Waals surface area contributed by atoms with Gasteiger partial charge in [0.15, 0.2) is 0 Å². The molecule has 29 heavy (non-hydrogen) atoms. The Bertz CT molecular complexity index is 628. The van der Waals surface area contributed by atoms with Crippen LogP contribution in [0, 0.1) is 0 Å². The third kappa shape index (κ3) is 7.47. The standard InChI is InChI=1S/C20H29F3N2O2.2ClH/c21-20(22,23)27-17-8-4-6-15(12-17)18(19(26)9-2-1-3-10-19)14-25-11-5-7-16(24)13-25;;/h4,6,8,12,16,18,26H,1-3,5,7,9-11,13-14,24H2;2*1H/t16-,18?;;/m1../s1. The molecule has 1 aromatic rings. The molecular formula is C20H31Cl2F3N2O2. The number of hydrogen-bond acceptors (Lipinski definition) is 4. The highest BCUT2D eigenvalue weighted by Crippen LogP contribution is 2.41. The lowest BCUT2D eigenvalue weighted by Gasteiger charge is -2.43. The number of aliphatic hydroxyl groups is 1. The molecule has 1 heterocycles. The summed E-state index contributed by atoms with van der Waals surface area (Å²) in [4.78, 5) is 2.24. The fourth-order valence-electron chi connectivity index (χ4n) is 4.54. The van der Waals surface area contributed by atoms with Gasteiger partial charge >= 0.3 is 6.36 Å². The average Bonchev–Trinajstić information content (AvgIpc) is 2.59. The molecular weight excluding hydrogens is 428 g/mol. The van der Waals surface area contributed by atoms with Crippen molar-refractivity contribution in [1.29, 1.82) is 0 Å². The number of benzene rings is 1. The van der Waals surface area contributed by atoms with Crippen molar-refractivity contribution in [3.63, 3.8) is 0 Å². The van der Waals surface area contributed by atoms with Crippen LogP contribution in [-0.2, 0) is 0 Å². The van der Waals surface area contributed by atoms with E-state index < -0.39 is 12.0 Å². The van der Waals surface area contributed by atoms with Crippen molar-refractivity contribution in [2.24, 2.45) is 5.73 Å². The van der Waals surface area contributed by atoms with Crippen molar-refractivity contribution in [3.05, 3.63) is 29.8 Å². The first-order chi connectivity index (χ1) is 12.8. The van der Waals surface area contributed by atoms with Gasteiger partial charge in [0.05, 0.1) is 5.60 Å². The van der Waals surface area contributed by atoms with E-state index in [4.69, 9.17) is 5.73 Å². The minimum atomic E-state index is -4.73. The molecule has 1 saturated carbocycles. The van der Waals surface area contributed by atoms with Crippen molar-refractivity contribution in [1.82, 2.24) is 4.90 Å². The highest BCUT2D eigenvalue weighted by molar-refractivity contribution is 5.85. The number of nitrogens with zero attached hydrogens (tertiary/aromatic N) is 1. The third-order valence-electron chi connectivity index (χ3n) is 5.84. The van der Waals surface area contributed by atoms with Crippen LogP contribution in [0.3, 0.4) is 0 Å². The van der Waals surface area contributed by atoms with Gasteiger partial charge in [-0.25, -0.2) is 0 Å². The summed E-state index contributed by atoms with van der Waals surface area (Å²) in [6.07, 6.45) is 1.56. The van der Waals surface area contributed by atoms with Crippen molar-refractivity contribution in [2.45, 2.75) is 68.9 Å². The fraction of sp³-hybridized carbons (Fsp3) is 0.700. The molecule has 0 amide bonds. The smallest absolute Gasteiger partial charge is 0.406 e. The Balaban J connectivity index is 0.00000210. The molecule has 0 radical (unpaired) electrons. The lowest BCUT2D eigenvalue weighted by Crippen LogP contribution is -2.49. The Morgan fingerprint density at radius 2 is 1.86 bits per heavy atom. The maximum Gasteiger partial charge on any atom is 0.573 e. The summed E-state index contributed by atoms with van der Waals surface area (Å²) in [5.41, 5.74) is 5.88. The van der Waals surface area contributed by atoms with Crippen molar-refractivity contribution >= 4 is 24.8 Å². The molecule has 4 nitrogen and oxygen atoms in total. The number of nitrogens with two attached hydrogens (primary N) is 1. The number of piperidine rings is 1. The molecule has 1 aromatic carbocycles. The van der Waals surface area contributed by atoms with Crippen molar-refractivity contribution in [2.75, 3.05) is 19.6 Å². The second-order valence-electron chi connectivity index (χ2n) is 8.00. The van der Waals surface area contributed by atoms with Gasteiger partial charge in [-0.15, -0.1) is 38.0 Å². The van der Waals surface area contributed by atoms with Crippen LogP contribution in [0.4, 0.5) is 13.2 Å². The van der Waals surface area contributed by atoms with E-state index in [9.17, 15) is 18.3 Å². The Kier molecular flexibility index (Phi) is 10.0. The van der Waals surface area contributed by atoms with Gasteiger partial charge in [-0.3, -0.25) is 0 Å². The third-order valence-corrected chi connectivity index (χ3v) is 5.84. The zero-order chi connectivity index (χ0) is 19.5. The predicted octanol–water partition coefficient (Wildman–Crippen LogP) is 4.63. The lowest BCUT2D eigenvalue weighted by atomic mass is 9.72. The largest absolute Gasteiger partial charge is 0.573 e. The summed E-state index contributed by atoms with van der Waals surface area (Å²) in [7, 11) is 0. The summed E-state index contributed by atoms with van der Waals surface area (Å²) in [5, 5.41) is 11.4. The van der Waals surface area contributed by atoms with E-state index in [0.29, 0.717) is 24.9 Å². The normalized spacial score (nSPS) is 23.4. The van der Waals surface area contributed by atoms with Crippen LogP contribution in [0.25, 0.3) is 0 Å². The van der Waals surface area contributed by atoms with Crippen molar-refractivity contribution < 1.29 is 23.0 Å². The van der Waals surface area contributed by atoms with Gasteiger partial charge in [0.25, 0.3) is 0 Å². The highest BCUT2D eigenvalue weighted by atomic mass is 35.5. The molecule has 1 aliphatic heterocycles. The topological polar surface area (TPSA) is 58.7 Å². The van der Waals surface area contributed by atoms with Gasteiger partial charge in [-0.1, -0.05) is 31.4 Å². The molecule has 0 aromatic heterocycles. The second kappa shape index (κ2) is 11.0. The molecule has 1 aliphatic carbocycles. The molecule has 2 aliphatic rings. The summed E-state index contributed by atoms with van der Waals surface area (Å²) in [6.45, 7) is 2.25. The first-order valence-electron chi connectivity index (χ1n) is 9.81. The van der Waals surface area contributed by atoms with Gasteiger partial charge in [0, 0.05) is 25.0 Å². The molecule has 168 valence electrons. The van der Waals surface area contributed by atoms with Crippen LogP contribution in [0.5, 0.6) is 5.75 Å². The van der Waals surface area contributed by atoms with Crippen LogP contribution in [0.1, 0.15) is 56.4 Å². The molecule has 3 rings (SSSR count). The molecule has 0 spiro atoms. The Morgan fingerprint density at radius 1 is 1.17 bits per heavy atom. The molecule has 0 bridgehead atoms. The Hall–Kier alpha value is -0.730. The molecule has 2 fully saturated rings. The molecule has 3 N–H and O–H groups in total. The van der Waals surface area contributed by atoms with Crippen LogP contribution in [0.2, 0.25) is 0 Å². The first kappa shape index (κ1) is 26.3. The van der Waals surface area contributed by atoms with E-state index in [1.165, 1.54) is 12.1 Å². The molecule has 1 saturated heterocycles. The van der Waals surface area contributed by atoms with Gasteiger partial charge in [-0.05, 0) is 49.9 Å². The maximum atomic E-state index is 12.6. The average molecular weight is 459 g/mol. The van der Waals surface area contributed by atoms with Gasteiger partial charge in [0.1, 0.15) is 5.75 Å². The van der Waals surface area contributed by atoms with Gasteiger partial charge < -0.3 is 20.5 Å². The highest BCUT2D eigenvalue weighted by Gasteiger charge is 2.40. The Morgan fingerprint density at radius 3 is 2.48 bits per heavy atom. The summed E-state index contributed by atoms with van der Waals surface area (Å²) >= 11 is 0. The van der Waals surface area contributed by atoms with E-state index in [0.717, 1.165) is 45.2 Å².